The second kappa shape index (κ2) is 5.13. The van der Waals surface area contributed by atoms with Crippen molar-refractivity contribution in [3.05, 3.63) is 41.5 Å². The van der Waals surface area contributed by atoms with Crippen LogP contribution in [-0.2, 0) is 6.42 Å². The van der Waals surface area contributed by atoms with E-state index < -0.39 is 23.1 Å². The number of hydrogen-bond donors (Lipinski definition) is 2. The number of aromatic nitrogens is 2. The van der Waals surface area contributed by atoms with Crippen molar-refractivity contribution >= 4 is 17.3 Å². The maximum atomic E-state index is 13.5. The molecule has 0 fully saturated rings. The summed E-state index contributed by atoms with van der Waals surface area (Å²) in [4.78, 5) is 7.67. The third kappa shape index (κ3) is 2.59. The highest BCUT2D eigenvalue weighted by molar-refractivity contribution is 5.64. The van der Waals surface area contributed by atoms with Crippen molar-refractivity contribution in [3.63, 3.8) is 0 Å². The van der Waals surface area contributed by atoms with E-state index in [1.807, 2.05) is 0 Å². The third-order valence-electron chi connectivity index (χ3n) is 2.58. The lowest BCUT2D eigenvalue weighted by molar-refractivity contribution is 0.548. The van der Waals surface area contributed by atoms with E-state index in [9.17, 15) is 13.2 Å². The van der Waals surface area contributed by atoms with Crippen molar-refractivity contribution in [2.24, 2.45) is 0 Å². The van der Waals surface area contributed by atoms with Crippen LogP contribution in [0.15, 0.2) is 18.5 Å². The monoisotopic (exact) mass is 268 g/mol. The van der Waals surface area contributed by atoms with Crippen LogP contribution in [0.2, 0.25) is 0 Å². The fraction of sp³-hybridized carbons (Fsp3) is 0.167. The second-order valence-electron chi connectivity index (χ2n) is 3.81. The first-order valence-electron chi connectivity index (χ1n) is 5.53. The summed E-state index contributed by atoms with van der Waals surface area (Å²) < 4.78 is 39.8. The summed E-state index contributed by atoms with van der Waals surface area (Å²) >= 11 is 0. The van der Waals surface area contributed by atoms with Gasteiger partial charge in [-0.1, -0.05) is 6.92 Å². The van der Waals surface area contributed by atoms with Gasteiger partial charge >= 0.3 is 0 Å². The number of nitrogen functional groups attached to an aromatic ring is 1. The molecule has 0 radical (unpaired) electrons. The number of anilines is 3. The summed E-state index contributed by atoms with van der Waals surface area (Å²) in [6.45, 7) is 1.80. The Bertz CT molecular complexity index is 593. The van der Waals surface area contributed by atoms with Gasteiger partial charge in [-0.15, -0.1) is 0 Å². The maximum absolute atomic E-state index is 13.5. The van der Waals surface area contributed by atoms with Gasteiger partial charge < -0.3 is 11.1 Å². The third-order valence-corrected chi connectivity index (χ3v) is 2.58. The molecule has 0 saturated carbocycles. The van der Waals surface area contributed by atoms with Crippen LogP contribution in [0.3, 0.4) is 0 Å². The lowest BCUT2D eigenvalue weighted by Crippen LogP contribution is -2.06. The summed E-state index contributed by atoms with van der Waals surface area (Å²) in [7, 11) is 0. The van der Waals surface area contributed by atoms with Gasteiger partial charge in [-0.2, -0.15) is 0 Å². The molecule has 7 heteroatoms. The van der Waals surface area contributed by atoms with Crippen molar-refractivity contribution in [1.82, 2.24) is 9.97 Å². The molecule has 2 aromatic rings. The summed E-state index contributed by atoms with van der Waals surface area (Å²) in [5.74, 6) is -2.66. The topological polar surface area (TPSA) is 63.8 Å². The van der Waals surface area contributed by atoms with E-state index in [0.29, 0.717) is 24.1 Å². The molecule has 1 aromatic carbocycles. The van der Waals surface area contributed by atoms with Crippen LogP contribution in [-0.4, -0.2) is 9.97 Å². The Morgan fingerprint density at radius 1 is 1.16 bits per heavy atom. The SMILES string of the molecule is CCc1c(N)ncnc1Nc1c(F)cc(F)cc1F. The number of rotatable bonds is 3. The fourth-order valence-corrected chi connectivity index (χ4v) is 1.66. The first kappa shape index (κ1) is 13.1. The molecule has 19 heavy (non-hydrogen) atoms. The summed E-state index contributed by atoms with van der Waals surface area (Å²) in [6, 6.07) is 1.17. The van der Waals surface area contributed by atoms with Crippen LogP contribution in [0.1, 0.15) is 12.5 Å². The quantitative estimate of drug-likeness (QED) is 0.898. The lowest BCUT2D eigenvalue weighted by Gasteiger charge is -2.12. The van der Waals surface area contributed by atoms with E-state index >= 15 is 0 Å². The summed E-state index contributed by atoms with van der Waals surface area (Å²) in [6.07, 6.45) is 1.66. The summed E-state index contributed by atoms with van der Waals surface area (Å²) in [5.41, 5.74) is 5.70. The number of benzene rings is 1. The van der Waals surface area contributed by atoms with Gasteiger partial charge in [0.15, 0.2) is 11.6 Å². The molecule has 1 heterocycles. The zero-order valence-electron chi connectivity index (χ0n) is 10.0. The van der Waals surface area contributed by atoms with Gasteiger partial charge in [-0.05, 0) is 6.42 Å². The van der Waals surface area contributed by atoms with Gasteiger partial charge in [-0.25, -0.2) is 23.1 Å². The van der Waals surface area contributed by atoms with Gasteiger partial charge in [-0.3, -0.25) is 0 Å². The van der Waals surface area contributed by atoms with Crippen molar-refractivity contribution in [2.45, 2.75) is 13.3 Å². The average Bonchev–Trinajstić information content (AvgIpc) is 2.34. The van der Waals surface area contributed by atoms with E-state index in [2.05, 4.69) is 15.3 Å². The Morgan fingerprint density at radius 3 is 2.37 bits per heavy atom. The first-order valence-corrected chi connectivity index (χ1v) is 5.53. The van der Waals surface area contributed by atoms with Gasteiger partial charge in [0.05, 0.1) is 0 Å². The molecule has 0 aliphatic rings. The van der Waals surface area contributed by atoms with Crippen LogP contribution >= 0.6 is 0 Å². The molecule has 0 saturated heterocycles. The predicted octanol–water partition coefficient (Wildman–Crippen LogP) is 2.78. The lowest BCUT2D eigenvalue weighted by atomic mass is 10.2. The Hall–Kier alpha value is -2.31. The number of hydrogen-bond acceptors (Lipinski definition) is 4. The van der Waals surface area contributed by atoms with E-state index in [1.165, 1.54) is 6.33 Å². The van der Waals surface area contributed by atoms with E-state index in [-0.39, 0.29) is 11.6 Å². The van der Waals surface area contributed by atoms with Crippen LogP contribution in [0, 0.1) is 17.5 Å². The highest BCUT2D eigenvalue weighted by Crippen LogP contribution is 2.26. The molecule has 1 aromatic heterocycles. The molecule has 0 aliphatic heterocycles. The smallest absolute Gasteiger partial charge is 0.152 e. The molecule has 2 rings (SSSR count). The molecule has 0 unspecified atom stereocenters. The zero-order chi connectivity index (χ0) is 14.0. The number of nitrogens with two attached hydrogens (primary N) is 1. The number of nitrogens with one attached hydrogen (secondary N) is 1. The van der Waals surface area contributed by atoms with Crippen molar-refractivity contribution in [3.8, 4) is 0 Å². The Labute approximate surface area is 107 Å². The molecule has 0 aliphatic carbocycles. The van der Waals surface area contributed by atoms with Crippen LogP contribution < -0.4 is 11.1 Å². The summed E-state index contributed by atoms with van der Waals surface area (Å²) in [5, 5.41) is 2.48. The second-order valence-corrected chi connectivity index (χ2v) is 3.81. The minimum atomic E-state index is -1.04. The van der Waals surface area contributed by atoms with Crippen LogP contribution in [0.4, 0.5) is 30.5 Å². The van der Waals surface area contributed by atoms with E-state index in [1.54, 1.807) is 6.92 Å². The largest absolute Gasteiger partial charge is 0.383 e. The van der Waals surface area contributed by atoms with Gasteiger partial charge in [0.25, 0.3) is 0 Å². The minimum absolute atomic E-state index is 0.194. The van der Waals surface area contributed by atoms with Crippen molar-refractivity contribution in [2.75, 3.05) is 11.1 Å². The molecule has 0 amide bonds. The van der Waals surface area contributed by atoms with Gasteiger partial charge in [0.2, 0.25) is 0 Å². The molecule has 0 spiro atoms. The van der Waals surface area contributed by atoms with Crippen molar-refractivity contribution in [1.29, 1.82) is 0 Å². The fourth-order valence-electron chi connectivity index (χ4n) is 1.66. The number of halogens is 3. The molecule has 4 nitrogen and oxygen atoms in total. The molecular weight excluding hydrogens is 257 g/mol. The highest BCUT2D eigenvalue weighted by atomic mass is 19.1. The first-order chi connectivity index (χ1) is 9.02. The molecule has 3 N–H and O–H groups in total. The molecule has 0 bridgehead atoms. The standard InChI is InChI=1S/C12H11F3N4/c1-2-7-11(16)17-5-18-12(7)19-10-8(14)3-6(13)4-9(10)15/h3-5H,2H2,1H3,(H3,16,17,18,19). The molecule has 100 valence electrons. The number of nitrogens with zero attached hydrogens (tertiary/aromatic N) is 2. The predicted molar refractivity (Wildman–Crippen MR) is 65.4 cm³/mol. The zero-order valence-corrected chi connectivity index (χ0v) is 10.0. The van der Waals surface area contributed by atoms with Gasteiger partial charge in [0, 0.05) is 17.7 Å². The minimum Gasteiger partial charge on any atom is -0.383 e. The highest BCUT2D eigenvalue weighted by Gasteiger charge is 2.15. The molecule has 0 atom stereocenters. The van der Waals surface area contributed by atoms with E-state index in [4.69, 9.17) is 5.73 Å². The Kier molecular flexibility index (Phi) is 3.55. The normalized spacial score (nSPS) is 10.5. The van der Waals surface area contributed by atoms with Crippen LogP contribution in [0.25, 0.3) is 0 Å². The Morgan fingerprint density at radius 2 is 1.79 bits per heavy atom. The molecular formula is C12H11F3N4. The van der Waals surface area contributed by atoms with Gasteiger partial charge in [0.1, 0.15) is 29.5 Å². The van der Waals surface area contributed by atoms with E-state index in [0.717, 1.165) is 0 Å². The van der Waals surface area contributed by atoms with Crippen molar-refractivity contribution < 1.29 is 13.2 Å². The Balaban J connectivity index is 2.45. The average molecular weight is 268 g/mol. The van der Waals surface area contributed by atoms with Crippen LogP contribution in [0.5, 0.6) is 0 Å². The maximum Gasteiger partial charge on any atom is 0.152 e.